The van der Waals surface area contributed by atoms with Crippen LogP contribution in [0, 0.1) is 0 Å². The first-order chi connectivity index (χ1) is 8.33. The van der Waals surface area contributed by atoms with E-state index in [2.05, 4.69) is 0 Å². The van der Waals surface area contributed by atoms with Crippen LogP contribution in [0.2, 0.25) is 0 Å². The first-order valence-electron chi connectivity index (χ1n) is 5.38. The van der Waals surface area contributed by atoms with Crippen molar-refractivity contribution < 1.29 is 8.39 Å². The van der Waals surface area contributed by atoms with Crippen LogP contribution in [-0.4, -0.2) is 11.3 Å². The maximum absolute atomic E-state index is 12.0. The van der Waals surface area contributed by atoms with Crippen molar-refractivity contribution >= 4 is 11.1 Å². The van der Waals surface area contributed by atoms with E-state index in [4.69, 9.17) is 4.18 Å². The van der Waals surface area contributed by atoms with Gasteiger partial charge < -0.3 is 0 Å². The van der Waals surface area contributed by atoms with E-state index in [0.29, 0.717) is 0 Å². The molecule has 2 nitrogen and oxygen atoms in total. The Hall–Kier alpha value is -1.45. The molecular formula is C14H14O2S. The molecule has 2 rings (SSSR count). The molecule has 0 heterocycles. The summed E-state index contributed by atoms with van der Waals surface area (Å²) in [4.78, 5) is 0. The van der Waals surface area contributed by atoms with Gasteiger partial charge in [-0.3, -0.25) is 4.18 Å². The summed E-state index contributed by atoms with van der Waals surface area (Å²) >= 11 is -1.37. The highest BCUT2D eigenvalue weighted by molar-refractivity contribution is 7.80. The van der Waals surface area contributed by atoms with Gasteiger partial charge in [0.1, 0.15) is 5.25 Å². The van der Waals surface area contributed by atoms with Crippen LogP contribution in [0.5, 0.6) is 0 Å². The first-order valence-corrected chi connectivity index (χ1v) is 6.51. The Morgan fingerprint density at radius 1 is 0.882 bits per heavy atom. The van der Waals surface area contributed by atoms with Gasteiger partial charge >= 0.3 is 0 Å². The van der Waals surface area contributed by atoms with E-state index in [0.717, 1.165) is 11.1 Å². The zero-order valence-electron chi connectivity index (χ0n) is 9.58. The Labute approximate surface area is 104 Å². The second kappa shape index (κ2) is 5.75. The van der Waals surface area contributed by atoms with Crippen molar-refractivity contribution in [2.45, 2.75) is 5.25 Å². The summed E-state index contributed by atoms with van der Waals surface area (Å²) < 4.78 is 17.0. The fourth-order valence-corrected chi connectivity index (χ4v) is 2.72. The highest BCUT2D eigenvalue weighted by atomic mass is 32.2. The summed E-state index contributed by atoms with van der Waals surface area (Å²) in [7, 11) is 1.47. The Morgan fingerprint density at radius 2 is 1.29 bits per heavy atom. The fraction of sp³-hybridized carbons (Fsp3) is 0.143. The van der Waals surface area contributed by atoms with Gasteiger partial charge in [0.05, 0.1) is 7.11 Å². The third kappa shape index (κ3) is 2.81. The molecule has 0 aromatic heterocycles. The van der Waals surface area contributed by atoms with Crippen molar-refractivity contribution in [3.63, 3.8) is 0 Å². The van der Waals surface area contributed by atoms with Crippen molar-refractivity contribution in [1.82, 2.24) is 0 Å². The van der Waals surface area contributed by atoms with E-state index in [-0.39, 0.29) is 5.25 Å². The lowest BCUT2D eigenvalue weighted by atomic mass is 10.0. The van der Waals surface area contributed by atoms with Gasteiger partial charge in [0.15, 0.2) is 11.1 Å². The molecule has 0 aliphatic carbocycles. The second-order valence-corrected chi connectivity index (χ2v) is 4.95. The highest BCUT2D eigenvalue weighted by Gasteiger charge is 2.20. The second-order valence-electron chi connectivity index (χ2n) is 3.63. The summed E-state index contributed by atoms with van der Waals surface area (Å²) in [5, 5.41) is -0.234. The molecule has 17 heavy (non-hydrogen) atoms. The molecule has 0 spiro atoms. The predicted molar refractivity (Wildman–Crippen MR) is 69.9 cm³/mol. The number of hydrogen-bond acceptors (Lipinski definition) is 2. The van der Waals surface area contributed by atoms with Crippen molar-refractivity contribution in [3.05, 3.63) is 71.8 Å². The molecule has 0 N–H and O–H groups in total. The minimum Gasteiger partial charge on any atom is -0.293 e. The molecule has 0 saturated heterocycles. The van der Waals surface area contributed by atoms with Gasteiger partial charge in [0, 0.05) is 0 Å². The van der Waals surface area contributed by atoms with Crippen LogP contribution >= 0.6 is 0 Å². The average molecular weight is 246 g/mol. The van der Waals surface area contributed by atoms with Crippen LogP contribution in [0.3, 0.4) is 0 Å². The fourth-order valence-electron chi connectivity index (χ4n) is 1.77. The van der Waals surface area contributed by atoms with Crippen molar-refractivity contribution in [3.8, 4) is 0 Å². The van der Waals surface area contributed by atoms with Gasteiger partial charge in [-0.05, 0) is 11.1 Å². The molecule has 0 bridgehead atoms. The normalized spacial score (nSPS) is 12.6. The summed E-state index contributed by atoms with van der Waals surface area (Å²) in [5.74, 6) is 0. The minimum absolute atomic E-state index is 0.234. The molecular weight excluding hydrogens is 232 g/mol. The Bertz CT molecular complexity index is 443. The van der Waals surface area contributed by atoms with Crippen LogP contribution in [-0.2, 0) is 15.3 Å². The molecule has 1 atom stereocenters. The number of hydrogen-bond donors (Lipinski definition) is 0. The maximum Gasteiger partial charge on any atom is 0.167 e. The van der Waals surface area contributed by atoms with E-state index in [9.17, 15) is 4.21 Å². The van der Waals surface area contributed by atoms with Gasteiger partial charge in [-0.1, -0.05) is 60.7 Å². The summed E-state index contributed by atoms with van der Waals surface area (Å²) in [5.41, 5.74) is 2.00. The molecule has 3 heteroatoms. The monoisotopic (exact) mass is 246 g/mol. The van der Waals surface area contributed by atoms with Crippen LogP contribution < -0.4 is 0 Å². The van der Waals surface area contributed by atoms with E-state index >= 15 is 0 Å². The SMILES string of the molecule is COS(=O)C(c1ccccc1)c1ccccc1. The Kier molecular flexibility index (Phi) is 4.07. The lowest BCUT2D eigenvalue weighted by molar-refractivity contribution is 0.441. The van der Waals surface area contributed by atoms with Gasteiger partial charge in [0.25, 0.3) is 0 Å². The molecule has 0 radical (unpaired) electrons. The third-order valence-corrected chi connectivity index (χ3v) is 3.82. The van der Waals surface area contributed by atoms with Gasteiger partial charge in [-0.2, -0.15) is 0 Å². The maximum atomic E-state index is 12.0. The quantitative estimate of drug-likeness (QED) is 0.828. The predicted octanol–water partition coefficient (Wildman–Crippen LogP) is 3.09. The Morgan fingerprint density at radius 3 is 1.65 bits per heavy atom. The van der Waals surface area contributed by atoms with Gasteiger partial charge in [-0.25, -0.2) is 4.21 Å². The van der Waals surface area contributed by atoms with Gasteiger partial charge in [-0.15, -0.1) is 0 Å². The topological polar surface area (TPSA) is 26.3 Å². The third-order valence-electron chi connectivity index (χ3n) is 2.56. The summed E-state index contributed by atoms with van der Waals surface area (Å²) in [6.07, 6.45) is 0. The Balaban J connectivity index is 2.43. The highest BCUT2D eigenvalue weighted by Crippen LogP contribution is 2.28. The lowest BCUT2D eigenvalue weighted by Gasteiger charge is -2.15. The van der Waals surface area contributed by atoms with Crippen LogP contribution in [0.1, 0.15) is 16.4 Å². The molecule has 2 aromatic carbocycles. The molecule has 0 fully saturated rings. The van der Waals surface area contributed by atoms with Crippen molar-refractivity contribution in [2.24, 2.45) is 0 Å². The lowest BCUT2D eigenvalue weighted by Crippen LogP contribution is -2.09. The largest absolute Gasteiger partial charge is 0.293 e. The molecule has 0 aliphatic rings. The van der Waals surface area contributed by atoms with Crippen LogP contribution in [0.4, 0.5) is 0 Å². The molecule has 2 aromatic rings. The smallest absolute Gasteiger partial charge is 0.167 e. The molecule has 0 amide bonds. The molecule has 88 valence electrons. The van der Waals surface area contributed by atoms with Crippen LogP contribution in [0.15, 0.2) is 60.7 Å². The van der Waals surface area contributed by atoms with E-state index in [1.54, 1.807) is 0 Å². The van der Waals surface area contributed by atoms with Crippen LogP contribution in [0.25, 0.3) is 0 Å². The molecule has 0 saturated carbocycles. The van der Waals surface area contributed by atoms with E-state index < -0.39 is 11.1 Å². The van der Waals surface area contributed by atoms with Crippen molar-refractivity contribution in [1.29, 1.82) is 0 Å². The van der Waals surface area contributed by atoms with E-state index in [1.807, 2.05) is 60.7 Å². The molecule has 1 unspecified atom stereocenters. The number of rotatable bonds is 4. The zero-order chi connectivity index (χ0) is 12.1. The van der Waals surface area contributed by atoms with E-state index in [1.165, 1.54) is 7.11 Å². The summed E-state index contributed by atoms with van der Waals surface area (Å²) in [6.45, 7) is 0. The first kappa shape index (κ1) is 12.0. The summed E-state index contributed by atoms with van der Waals surface area (Å²) in [6, 6.07) is 19.5. The van der Waals surface area contributed by atoms with Gasteiger partial charge in [0.2, 0.25) is 0 Å². The zero-order valence-corrected chi connectivity index (χ0v) is 10.4. The minimum atomic E-state index is -1.37. The number of benzene rings is 2. The molecule has 0 aliphatic heterocycles. The average Bonchev–Trinajstić information content (AvgIpc) is 2.41. The van der Waals surface area contributed by atoms with Crippen molar-refractivity contribution in [2.75, 3.05) is 7.11 Å². The standard InChI is InChI=1S/C14H14O2S/c1-16-17(15)14(12-8-4-2-5-9-12)13-10-6-3-7-11-13/h2-11,14H,1H3.